The molecule has 3 rings (SSSR count). The zero-order chi connectivity index (χ0) is 21.4. The molecule has 1 aromatic carbocycles. The summed E-state index contributed by atoms with van der Waals surface area (Å²) in [5.74, 6) is 0.703. The first-order chi connectivity index (χ1) is 14.5. The standard InChI is InChI=1S/C23H36N6O/c1-4-24-22(26-18-23(2,30)21-15-27-28(3)17-21)25-14-19-10-6-7-11-20(19)16-29-12-8-5-9-13-29/h6-7,10-11,15,17,30H,4-5,8-9,12-14,16,18H2,1-3H3,(H2,24,25,26). The van der Waals surface area contributed by atoms with Crippen molar-refractivity contribution in [3.05, 3.63) is 53.3 Å². The van der Waals surface area contributed by atoms with Gasteiger partial charge in [0.2, 0.25) is 0 Å². The Morgan fingerprint density at radius 1 is 1.17 bits per heavy atom. The molecule has 0 aliphatic carbocycles. The molecular formula is C23H36N6O. The van der Waals surface area contributed by atoms with E-state index in [1.165, 1.54) is 43.5 Å². The van der Waals surface area contributed by atoms with Crippen molar-refractivity contribution < 1.29 is 5.11 Å². The normalized spacial score (nSPS) is 17.5. The smallest absolute Gasteiger partial charge is 0.191 e. The van der Waals surface area contributed by atoms with E-state index in [-0.39, 0.29) is 0 Å². The van der Waals surface area contributed by atoms with E-state index in [0.717, 1.165) is 18.7 Å². The third-order valence-corrected chi connectivity index (χ3v) is 5.64. The summed E-state index contributed by atoms with van der Waals surface area (Å²) in [6, 6.07) is 8.57. The summed E-state index contributed by atoms with van der Waals surface area (Å²) in [5, 5.41) is 21.5. The Kier molecular flexibility index (Phi) is 7.87. The van der Waals surface area contributed by atoms with Gasteiger partial charge in [-0.2, -0.15) is 5.10 Å². The highest BCUT2D eigenvalue weighted by molar-refractivity contribution is 5.79. The zero-order valence-corrected chi connectivity index (χ0v) is 18.6. The van der Waals surface area contributed by atoms with Gasteiger partial charge in [0.25, 0.3) is 0 Å². The molecule has 1 aromatic heterocycles. The van der Waals surface area contributed by atoms with Crippen molar-refractivity contribution in [2.75, 3.05) is 26.2 Å². The van der Waals surface area contributed by atoms with Crippen molar-refractivity contribution in [2.24, 2.45) is 12.0 Å². The fourth-order valence-electron chi connectivity index (χ4n) is 3.79. The lowest BCUT2D eigenvalue weighted by Crippen LogP contribution is -2.44. The van der Waals surface area contributed by atoms with E-state index in [9.17, 15) is 5.11 Å². The predicted molar refractivity (Wildman–Crippen MR) is 121 cm³/mol. The number of piperidine rings is 1. The number of nitrogens with zero attached hydrogens (tertiary/aromatic N) is 4. The van der Waals surface area contributed by atoms with Gasteiger partial charge >= 0.3 is 0 Å². The number of aryl methyl sites for hydroxylation is 1. The van der Waals surface area contributed by atoms with Crippen LogP contribution >= 0.6 is 0 Å². The van der Waals surface area contributed by atoms with Crippen molar-refractivity contribution >= 4 is 5.96 Å². The lowest BCUT2D eigenvalue weighted by Gasteiger charge is -2.27. The van der Waals surface area contributed by atoms with Crippen molar-refractivity contribution in [1.82, 2.24) is 25.3 Å². The molecule has 7 nitrogen and oxygen atoms in total. The van der Waals surface area contributed by atoms with Crippen LogP contribution < -0.4 is 10.6 Å². The van der Waals surface area contributed by atoms with Gasteiger partial charge in [-0.1, -0.05) is 30.7 Å². The lowest BCUT2D eigenvalue weighted by atomic mass is 10.00. The zero-order valence-electron chi connectivity index (χ0n) is 18.6. The first-order valence-electron chi connectivity index (χ1n) is 11.0. The fourth-order valence-corrected chi connectivity index (χ4v) is 3.79. The molecule has 1 saturated heterocycles. The molecule has 1 unspecified atom stereocenters. The number of guanidine groups is 1. The van der Waals surface area contributed by atoms with Gasteiger partial charge in [0.05, 0.1) is 19.3 Å². The largest absolute Gasteiger partial charge is 0.383 e. The highest BCUT2D eigenvalue weighted by Crippen LogP contribution is 2.19. The molecule has 7 heteroatoms. The van der Waals surface area contributed by atoms with Crippen molar-refractivity contribution in [3.63, 3.8) is 0 Å². The molecule has 0 saturated carbocycles. The minimum atomic E-state index is -1.03. The molecule has 0 radical (unpaired) electrons. The number of hydrogen-bond acceptors (Lipinski definition) is 4. The summed E-state index contributed by atoms with van der Waals surface area (Å²) < 4.78 is 1.70. The first-order valence-corrected chi connectivity index (χ1v) is 11.0. The number of aliphatic imine (C=N–C) groups is 1. The topological polar surface area (TPSA) is 77.7 Å². The SMILES string of the molecule is CCNC(=NCc1ccccc1CN1CCCCC1)NCC(C)(O)c1cnn(C)c1. The van der Waals surface area contributed by atoms with Crippen LogP contribution in [0.4, 0.5) is 0 Å². The Morgan fingerprint density at radius 2 is 1.90 bits per heavy atom. The number of hydrogen-bond donors (Lipinski definition) is 3. The summed E-state index contributed by atoms with van der Waals surface area (Å²) in [4.78, 5) is 7.33. The average molecular weight is 413 g/mol. The van der Waals surface area contributed by atoms with Crippen LogP contribution in [0.3, 0.4) is 0 Å². The summed E-state index contributed by atoms with van der Waals surface area (Å²) >= 11 is 0. The molecule has 0 amide bonds. The van der Waals surface area contributed by atoms with Gasteiger partial charge in [-0.3, -0.25) is 9.58 Å². The Hall–Kier alpha value is -2.38. The third kappa shape index (κ3) is 6.31. The number of rotatable bonds is 8. The molecule has 2 aromatic rings. The van der Waals surface area contributed by atoms with Crippen molar-refractivity contribution in [2.45, 2.75) is 51.8 Å². The van der Waals surface area contributed by atoms with Crippen LogP contribution in [0.15, 0.2) is 41.7 Å². The van der Waals surface area contributed by atoms with E-state index in [2.05, 4.69) is 44.9 Å². The van der Waals surface area contributed by atoms with Gasteiger partial charge in [0, 0.05) is 31.9 Å². The molecule has 2 heterocycles. The van der Waals surface area contributed by atoms with Gasteiger partial charge in [-0.05, 0) is 50.9 Å². The Morgan fingerprint density at radius 3 is 2.57 bits per heavy atom. The number of aromatic nitrogens is 2. The molecule has 0 spiro atoms. The molecule has 0 bridgehead atoms. The number of aliphatic hydroxyl groups is 1. The van der Waals surface area contributed by atoms with Crippen molar-refractivity contribution in [3.8, 4) is 0 Å². The van der Waals surface area contributed by atoms with Crippen LogP contribution in [0.1, 0.15) is 49.8 Å². The van der Waals surface area contributed by atoms with E-state index < -0.39 is 5.60 Å². The van der Waals surface area contributed by atoms with Crippen LogP contribution in [0, 0.1) is 0 Å². The van der Waals surface area contributed by atoms with Gasteiger partial charge in [0.1, 0.15) is 5.60 Å². The van der Waals surface area contributed by atoms with Crippen LogP contribution in [-0.2, 0) is 25.7 Å². The maximum atomic E-state index is 10.8. The number of benzene rings is 1. The van der Waals surface area contributed by atoms with Gasteiger partial charge < -0.3 is 15.7 Å². The second-order valence-corrected chi connectivity index (χ2v) is 8.33. The van der Waals surface area contributed by atoms with Gasteiger partial charge in [0.15, 0.2) is 5.96 Å². The summed E-state index contributed by atoms with van der Waals surface area (Å²) in [6.07, 6.45) is 7.48. The lowest BCUT2D eigenvalue weighted by molar-refractivity contribution is 0.0616. The minimum Gasteiger partial charge on any atom is -0.383 e. The maximum Gasteiger partial charge on any atom is 0.191 e. The Bertz CT molecular complexity index is 823. The predicted octanol–water partition coefficient (Wildman–Crippen LogP) is 2.37. The van der Waals surface area contributed by atoms with Crippen LogP contribution in [0.2, 0.25) is 0 Å². The Balaban J connectivity index is 1.64. The molecule has 1 atom stereocenters. The van der Waals surface area contributed by atoms with E-state index >= 15 is 0 Å². The van der Waals surface area contributed by atoms with Crippen LogP contribution in [0.25, 0.3) is 0 Å². The minimum absolute atomic E-state index is 0.347. The van der Waals surface area contributed by atoms with E-state index in [4.69, 9.17) is 4.99 Å². The molecule has 164 valence electrons. The fraction of sp³-hybridized carbons (Fsp3) is 0.565. The Labute approximate surface area is 180 Å². The molecule has 1 fully saturated rings. The molecule has 1 aliphatic heterocycles. The highest BCUT2D eigenvalue weighted by atomic mass is 16.3. The summed E-state index contributed by atoms with van der Waals surface area (Å²) in [7, 11) is 1.85. The quantitative estimate of drug-likeness (QED) is 0.458. The maximum absolute atomic E-state index is 10.8. The van der Waals surface area contributed by atoms with Crippen LogP contribution in [0.5, 0.6) is 0 Å². The van der Waals surface area contributed by atoms with E-state index in [1.54, 1.807) is 17.8 Å². The molecule has 30 heavy (non-hydrogen) atoms. The number of nitrogens with one attached hydrogen (secondary N) is 2. The first kappa shape index (κ1) is 22.3. The van der Waals surface area contributed by atoms with Gasteiger partial charge in [-0.25, -0.2) is 4.99 Å². The van der Waals surface area contributed by atoms with Crippen LogP contribution in [-0.4, -0.2) is 51.9 Å². The summed E-state index contributed by atoms with van der Waals surface area (Å²) in [5.41, 5.74) is 2.34. The monoisotopic (exact) mass is 412 g/mol. The second-order valence-electron chi connectivity index (χ2n) is 8.33. The number of likely N-dealkylation sites (tertiary alicyclic amines) is 1. The highest BCUT2D eigenvalue weighted by Gasteiger charge is 2.25. The van der Waals surface area contributed by atoms with Gasteiger partial charge in [-0.15, -0.1) is 0 Å². The van der Waals surface area contributed by atoms with Crippen molar-refractivity contribution in [1.29, 1.82) is 0 Å². The summed E-state index contributed by atoms with van der Waals surface area (Å²) in [6.45, 7) is 8.90. The molecular weight excluding hydrogens is 376 g/mol. The van der Waals surface area contributed by atoms with E-state index in [0.29, 0.717) is 19.0 Å². The van der Waals surface area contributed by atoms with E-state index in [1.807, 2.05) is 20.2 Å². The second kappa shape index (κ2) is 10.6. The molecule has 3 N–H and O–H groups in total. The molecule has 1 aliphatic rings. The third-order valence-electron chi connectivity index (χ3n) is 5.64. The average Bonchev–Trinajstić information content (AvgIpc) is 3.19.